The normalized spacial score (nSPS) is 10.8. The van der Waals surface area contributed by atoms with Crippen molar-refractivity contribution in [2.75, 3.05) is 0 Å². The highest BCUT2D eigenvalue weighted by molar-refractivity contribution is 5.80. The molecule has 0 fully saturated rings. The Balaban J connectivity index is 2.02. The van der Waals surface area contributed by atoms with Crippen LogP contribution in [0.3, 0.4) is 0 Å². The predicted octanol–water partition coefficient (Wildman–Crippen LogP) is 3.75. The Bertz CT molecular complexity index is 451. The average molecular weight is 214 g/mol. The highest BCUT2D eigenvalue weighted by atomic mass is 14.7. The van der Waals surface area contributed by atoms with Crippen molar-refractivity contribution >= 4 is 10.8 Å². The lowest BCUT2D eigenvalue weighted by Gasteiger charge is -2.02. The first-order valence-electron chi connectivity index (χ1n) is 6.09. The number of pyridine rings is 2. The molecule has 2 aromatic rings. The van der Waals surface area contributed by atoms with Crippen LogP contribution in [0.4, 0.5) is 0 Å². The third-order valence-electron chi connectivity index (χ3n) is 2.87. The molecular weight excluding hydrogens is 196 g/mol. The summed E-state index contributed by atoms with van der Waals surface area (Å²) in [6.07, 6.45) is 11.9. The number of rotatable bonds is 5. The molecule has 0 N–H and O–H groups in total. The Morgan fingerprint density at radius 1 is 1.06 bits per heavy atom. The Labute approximate surface area is 96.7 Å². The standard InChI is InChI=1S/C14H18N2/c1-2-3-4-5-6-14-9-12-7-8-15-10-13(12)11-16-14/h7-11H,2-6H2,1H3. The van der Waals surface area contributed by atoms with Crippen LogP contribution in [0.5, 0.6) is 0 Å². The lowest BCUT2D eigenvalue weighted by atomic mass is 10.1. The number of fused-ring (bicyclic) bond motifs is 1. The van der Waals surface area contributed by atoms with Crippen LogP contribution < -0.4 is 0 Å². The van der Waals surface area contributed by atoms with E-state index in [9.17, 15) is 0 Å². The second-order valence-electron chi connectivity index (χ2n) is 4.21. The molecule has 0 saturated carbocycles. The zero-order chi connectivity index (χ0) is 11.2. The Hall–Kier alpha value is -1.44. The van der Waals surface area contributed by atoms with Crippen LogP contribution in [0.25, 0.3) is 10.8 Å². The first kappa shape index (κ1) is 11.1. The van der Waals surface area contributed by atoms with Crippen LogP contribution >= 0.6 is 0 Å². The van der Waals surface area contributed by atoms with Gasteiger partial charge >= 0.3 is 0 Å². The van der Waals surface area contributed by atoms with Crippen molar-refractivity contribution in [3.63, 3.8) is 0 Å². The van der Waals surface area contributed by atoms with Gasteiger partial charge in [-0.25, -0.2) is 0 Å². The van der Waals surface area contributed by atoms with Gasteiger partial charge < -0.3 is 0 Å². The molecular formula is C14H18N2. The molecule has 84 valence electrons. The molecule has 0 aliphatic heterocycles. The SMILES string of the molecule is CCCCCCc1cc2ccncc2cn1. The van der Waals surface area contributed by atoms with E-state index < -0.39 is 0 Å². The highest BCUT2D eigenvalue weighted by Crippen LogP contribution is 2.13. The minimum atomic E-state index is 1.10. The molecule has 2 nitrogen and oxygen atoms in total. The molecule has 2 aromatic heterocycles. The number of aromatic nitrogens is 2. The summed E-state index contributed by atoms with van der Waals surface area (Å²) in [6.45, 7) is 2.24. The summed E-state index contributed by atoms with van der Waals surface area (Å²) >= 11 is 0. The molecule has 0 spiro atoms. The van der Waals surface area contributed by atoms with E-state index in [4.69, 9.17) is 0 Å². The fraction of sp³-hybridized carbons (Fsp3) is 0.429. The smallest absolute Gasteiger partial charge is 0.0410 e. The lowest BCUT2D eigenvalue weighted by Crippen LogP contribution is -1.90. The van der Waals surface area contributed by atoms with E-state index >= 15 is 0 Å². The van der Waals surface area contributed by atoms with E-state index in [0.29, 0.717) is 0 Å². The van der Waals surface area contributed by atoms with E-state index in [1.807, 2.05) is 24.7 Å². The van der Waals surface area contributed by atoms with Gasteiger partial charge in [-0.1, -0.05) is 26.2 Å². The minimum Gasteiger partial charge on any atom is -0.264 e. The van der Waals surface area contributed by atoms with E-state index in [1.54, 1.807) is 0 Å². The van der Waals surface area contributed by atoms with Crippen LogP contribution in [-0.4, -0.2) is 9.97 Å². The topological polar surface area (TPSA) is 25.8 Å². The van der Waals surface area contributed by atoms with Crippen molar-refractivity contribution < 1.29 is 0 Å². The third-order valence-corrected chi connectivity index (χ3v) is 2.87. The molecule has 0 unspecified atom stereocenters. The zero-order valence-electron chi connectivity index (χ0n) is 9.82. The van der Waals surface area contributed by atoms with Crippen LogP contribution in [0, 0.1) is 0 Å². The minimum absolute atomic E-state index is 1.10. The number of nitrogens with zero attached hydrogens (tertiary/aromatic N) is 2. The molecule has 2 heteroatoms. The molecule has 0 amide bonds. The van der Waals surface area contributed by atoms with Crippen molar-refractivity contribution in [1.29, 1.82) is 0 Å². The van der Waals surface area contributed by atoms with Crippen LogP contribution in [-0.2, 0) is 6.42 Å². The summed E-state index contributed by atoms with van der Waals surface area (Å²) in [7, 11) is 0. The molecule has 0 atom stereocenters. The van der Waals surface area contributed by atoms with Gasteiger partial charge in [0.2, 0.25) is 0 Å². The van der Waals surface area contributed by atoms with Crippen molar-refractivity contribution in [1.82, 2.24) is 9.97 Å². The Kier molecular flexibility index (Phi) is 3.86. The molecule has 0 aliphatic rings. The fourth-order valence-corrected chi connectivity index (χ4v) is 1.90. The van der Waals surface area contributed by atoms with Gasteiger partial charge in [0.05, 0.1) is 0 Å². The summed E-state index contributed by atoms with van der Waals surface area (Å²) in [5, 5.41) is 2.37. The van der Waals surface area contributed by atoms with E-state index in [1.165, 1.54) is 36.8 Å². The molecule has 0 aromatic carbocycles. The van der Waals surface area contributed by atoms with E-state index in [2.05, 4.69) is 23.0 Å². The first-order chi connectivity index (χ1) is 7.90. The van der Waals surface area contributed by atoms with Crippen molar-refractivity contribution in [3.05, 3.63) is 36.4 Å². The lowest BCUT2D eigenvalue weighted by molar-refractivity contribution is 0.661. The fourth-order valence-electron chi connectivity index (χ4n) is 1.90. The summed E-state index contributed by atoms with van der Waals surface area (Å²) < 4.78 is 0. The summed E-state index contributed by atoms with van der Waals surface area (Å²) in [5.41, 5.74) is 1.20. The maximum absolute atomic E-state index is 4.46. The Morgan fingerprint density at radius 2 is 2.00 bits per heavy atom. The molecule has 2 heterocycles. The monoisotopic (exact) mass is 214 g/mol. The van der Waals surface area contributed by atoms with Gasteiger partial charge in [-0.3, -0.25) is 9.97 Å². The van der Waals surface area contributed by atoms with Crippen LogP contribution in [0.1, 0.15) is 38.3 Å². The molecule has 0 radical (unpaired) electrons. The average Bonchev–Trinajstić information content (AvgIpc) is 2.34. The number of aryl methyl sites for hydroxylation is 1. The maximum Gasteiger partial charge on any atom is 0.0410 e. The van der Waals surface area contributed by atoms with Crippen LogP contribution in [0.2, 0.25) is 0 Å². The second-order valence-corrected chi connectivity index (χ2v) is 4.21. The Morgan fingerprint density at radius 3 is 2.88 bits per heavy atom. The second kappa shape index (κ2) is 5.59. The van der Waals surface area contributed by atoms with Gasteiger partial charge in [-0.05, 0) is 30.4 Å². The zero-order valence-corrected chi connectivity index (χ0v) is 9.82. The van der Waals surface area contributed by atoms with Gasteiger partial charge in [0.25, 0.3) is 0 Å². The molecule has 16 heavy (non-hydrogen) atoms. The quantitative estimate of drug-likeness (QED) is 0.708. The van der Waals surface area contributed by atoms with Gasteiger partial charge in [0.15, 0.2) is 0 Å². The van der Waals surface area contributed by atoms with Gasteiger partial charge in [-0.15, -0.1) is 0 Å². The van der Waals surface area contributed by atoms with Gasteiger partial charge in [0.1, 0.15) is 0 Å². The third kappa shape index (κ3) is 2.78. The summed E-state index contributed by atoms with van der Waals surface area (Å²) in [5.74, 6) is 0. The number of hydrogen-bond acceptors (Lipinski definition) is 2. The van der Waals surface area contributed by atoms with Crippen LogP contribution in [0.15, 0.2) is 30.7 Å². The maximum atomic E-state index is 4.46. The molecule has 0 saturated heterocycles. The first-order valence-corrected chi connectivity index (χ1v) is 6.09. The van der Waals surface area contributed by atoms with E-state index in [-0.39, 0.29) is 0 Å². The predicted molar refractivity (Wildman–Crippen MR) is 67.4 cm³/mol. The molecule has 0 bridgehead atoms. The van der Waals surface area contributed by atoms with Crippen molar-refractivity contribution in [2.24, 2.45) is 0 Å². The van der Waals surface area contributed by atoms with E-state index in [0.717, 1.165) is 11.8 Å². The molecule has 2 rings (SSSR count). The largest absolute Gasteiger partial charge is 0.264 e. The molecule has 0 aliphatic carbocycles. The van der Waals surface area contributed by atoms with Gasteiger partial charge in [-0.2, -0.15) is 0 Å². The number of hydrogen-bond donors (Lipinski definition) is 0. The summed E-state index contributed by atoms with van der Waals surface area (Å²) in [6, 6.07) is 4.23. The summed E-state index contributed by atoms with van der Waals surface area (Å²) in [4.78, 5) is 8.55. The highest BCUT2D eigenvalue weighted by Gasteiger charge is 1.98. The van der Waals surface area contributed by atoms with Crippen molar-refractivity contribution in [2.45, 2.75) is 39.0 Å². The number of unbranched alkanes of at least 4 members (excludes halogenated alkanes) is 3. The van der Waals surface area contributed by atoms with Gasteiger partial charge in [0, 0.05) is 29.7 Å². The van der Waals surface area contributed by atoms with Crippen molar-refractivity contribution in [3.8, 4) is 0 Å².